The Balaban J connectivity index is 3.04. The predicted octanol–water partition coefficient (Wildman–Crippen LogP) is 3.00. The number of carbonyl (C=O) groups is 1. The Kier molecular flexibility index (Phi) is 2.67. The largest absolute Gasteiger partial charge is 0.478 e. The fourth-order valence-corrected chi connectivity index (χ4v) is 2.55. The van der Waals surface area contributed by atoms with Gasteiger partial charge in [0.15, 0.2) is 0 Å². The Morgan fingerprint density at radius 2 is 2.25 bits per heavy atom. The second kappa shape index (κ2) is 3.75. The third-order valence-electron chi connectivity index (χ3n) is 2.49. The summed E-state index contributed by atoms with van der Waals surface area (Å²) in [5, 5.41) is 9.35. The molecule has 0 amide bonds. The lowest BCUT2D eigenvalue weighted by Crippen LogP contribution is -2.02. The quantitative estimate of drug-likeness (QED) is 0.881. The van der Waals surface area contributed by atoms with Gasteiger partial charge in [0.05, 0.1) is 10.5 Å². The number of fused-ring (bicyclic) bond motifs is 1. The summed E-state index contributed by atoms with van der Waals surface area (Å²) >= 11 is 9.26. The predicted molar refractivity (Wildman–Crippen MR) is 65.1 cm³/mol. The van der Waals surface area contributed by atoms with Crippen LogP contribution in [0, 0.1) is 6.92 Å². The van der Waals surface area contributed by atoms with Gasteiger partial charge in [-0.05, 0) is 28.9 Å². The fourth-order valence-electron chi connectivity index (χ4n) is 1.63. The van der Waals surface area contributed by atoms with E-state index in [0.29, 0.717) is 15.5 Å². The van der Waals surface area contributed by atoms with Gasteiger partial charge in [0.25, 0.3) is 0 Å². The molecule has 1 aromatic heterocycles. The van der Waals surface area contributed by atoms with Gasteiger partial charge in [0.2, 0.25) is 0 Å². The molecule has 0 radical (unpaired) electrons. The fraction of sp³-hybridized carbons (Fsp3) is 0.200. The van der Waals surface area contributed by atoms with Crippen molar-refractivity contribution >= 4 is 44.5 Å². The first kappa shape index (κ1) is 11.4. The average molecular weight is 304 g/mol. The summed E-state index contributed by atoms with van der Waals surface area (Å²) in [4.78, 5) is 15.5. The van der Waals surface area contributed by atoms with Crippen molar-refractivity contribution in [1.29, 1.82) is 0 Å². The molecule has 6 heteroatoms. The Morgan fingerprint density at radius 3 is 2.81 bits per heavy atom. The minimum atomic E-state index is -1.05. The first-order valence-electron chi connectivity index (χ1n) is 4.47. The van der Waals surface area contributed by atoms with Crippen LogP contribution in [0.5, 0.6) is 0 Å². The molecule has 0 saturated heterocycles. The molecule has 4 nitrogen and oxygen atoms in total. The van der Waals surface area contributed by atoms with Gasteiger partial charge < -0.3 is 9.67 Å². The van der Waals surface area contributed by atoms with Crippen LogP contribution in [0.4, 0.5) is 0 Å². The molecule has 16 heavy (non-hydrogen) atoms. The van der Waals surface area contributed by atoms with Gasteiger partial charge >= 0.3 is 5.97 Å². The van der Waals surface area contributed by atoms with E-state index in [1.165, 1.54) is 0 Å². The summed E-state index contributed by atoms with van der Waals surface area (Å²) in [6.45, 7) is 1.81. The minimum absolute atomic E-state index is 0.0861. The molecule has 0 aliphatic rings. The van der Waals surface area contributed by atoms with Crippen molar-refractivity contribution in [2.75, 3.05) is 0 Å². The number of imidazole rings is 1. The first-order chi connectivity index (χ1) is 7.43. The molecule has 1 N–H and O–H groups in total. The summed E-state index contributed by atoms with van der Waals surface area (Å²) in [5.41, 5.74) is 1.23. The summed E-state index contributed by atoms with van der Waals surface area (Å²) in [7, 11) is 1.76. The van der Waals surface area contributed by atoms with Gasteiger partial charge in [0.1, 0.15) is 16.9 Å². The van der Waals surface area contributed by atoms with Crippen LogP contribution in [0.15, 0.2) is 10.5 Å². The van der Waals surface area contributed by atoms with Crippen LogP contribution in [-0.2, 0) is 7.05 Å². The zero-order valence-electron chi connectivity index (χ0n) is 8.58. The van der Waals surface area contributed by atoms with Crippen LogP contribution in [0.25, 0.3) is 11.0 Å². The molecule has 0 aliphatic heterocycles. The Labute approximate surface area is 105 Å². The third kappa shape index (κ3) is 1.51. The molecule has 2 aromatic rings. The van der Waals surface area contributed by atoms with Crippen molar-refractivity contribution in [3.63, 3.8) is 0 Å². The lowest BCUT2D eigenvalue weighted by Gasteiger charge is -2.05. The minimum Gasteiger partial charge on any atom is -0.478 e. The molecular formula is C10H8BrClN2O2. The van der Waals surface area contributed by atoms with E-state index in [1.807, 2.05) is 6.92 Å². The third-order valence-corrected chi connectivity index (χ3v) is 3.39. The molecular weight excluding hydrogens is 295 g/mol. The lowest BCUT2D eigenvalue weighted by molar-refractivity contribution is 0.0699. The summed E-state index contributed by atoms with van der Waals surface area (Å²) in [6, 6.07) is 1.56. The van der Waals surface area contributed by atoms with E-state index in [-0.39, 0.29) is 10.6 Å². The number of benzene rings is 1. The maximum atomic E-state index is 11.2. The van der Waals surface area contributed by atoms with Gasteiger partial charge in [-0.1, -0.05) is 11.6 Å². The molecule has 0 fully saturated rings. The summed E-state index contributed by atoms with van der Waals surface area (Å²) in [6.07, 6.45) is 0. The Morgan fingerprint density at radius 1 is 1.62 bits per heavy atom. The van der Waals surface area contributed by atoms with Gasteiger partial charge in [-0.3, -0.25) is 0 Å². The van der Waals surface area contributed by atoms with Crippen molar-refractivity contribution in [3.05, 3.63) is 26.9 Å². The molecule has 1 heterocycles. The van der Waals surface area contributed by atoms with E-state index >= 15 is 0 Å². The summed E-state index contributed by atoms with van der Waals surface area (Å²) < 4.78 is 2.41. The van der Waals surface area contributed by atoms with E-state index < -0.39 is 5.97 Å². The molecule has 1 aromatic carbocycles. The van der Waals surface area contributed by atoms with E-state index in [1.54, 1.807) is 17.7 Å². The van der Waals surface area contributed by atoms with Crippen molar-refractivity contribution in [1.82, 2.24) is 9.55 Å². The van der Waals surface area contributed by atoms with Crippen LogP contribution in [0.3, 0.4) is 0 Å². The number of aryl methyl sites for hydroxylation is 2. The van der Waals surface area contributed by atoms with Crippen molar-refractivity contribution in [3.8, 4) is 0 Å². The maximum Gasteiger partial charge on any atom is 0.339 e. The van der Waals surface area contributed by atoms with Gasteiger partial charge in [-0.25, -0.2) is 9.78 Å². The van der Waals surface area contributed by atoms with Gasteiger partial charge in [0, 0.05) is 11.5 Å². The maximum absolute atomic E-state index is 11.2. The van der Waals surface area contributed by atoms with E-state index in [9.17, 15) is 4.79 Å². The normalized spacial score (nSPS) is 11.0. The Hall–Kier alpha value is -1.07. The van der Waals surface area contributed by atoms with Crippen LogP contribution in [-0.4, -0.2) is 20.6 Å². The van der Waals surface area contributed by atoms with Gasteiger partial charge in [-0.2, -0.15) is 0 Å². The second-order valence-corrected chi connectivity index (χ2v) is 4.70. The number of hydrogen-bond donors (Lipinski definition) is 1. The zero-order chi connectivity index (χ0) is 12.0. The number of carboxylic acids is 1. The molecule has 84 valence electrons. The average Bonchev–Trinajstić information content (AvgIpc) is 2.45. The number of aromatic carboxylic acids is 1. The molecule has 0 bridgehead atoms. The molecule has 0 atom stereocenters. The monoisotopic (exact) mass is 302 g/mol. The van der Waals surface area contributed by atoms with Crippen molar-refractivity contribution in [2.45, 2.75) is 6.92 Å². The number of hydrogen-bond acceptors (Lipinski definition) is 2. The van der Waals surface area contributed by atoms with Crippen LogP contribution in [0.2, 0.25) is 5.02 Å². The molecule has 2 rings (SSSR count). The molecule has 0 spiro atoms. The highest BCUT2D eigenvalue weighted by atomic mass is 79.9. The number of nitrogens with zero attached hydrogens (tertiary/aromatic N) is 2. The highest BCUT2D eigenvalue weighted by Gasteiger charge is 2.20. The highest BCUT2D eigenvalue weighted by molar-refractivity contribution is 9.10. The SMILES string of the molecule is Cc1nc2c(Br)cc(Cl)c(C(=O)O)c2n1C. The molecule has 0 aliphatic carbocycles. The number of halogens is 2. The van der Waals surface area contributed by atoms with E-state index in [0.717, 1.165) is 5.82 Å². The first-order valence-corrected chi connectivity index (χ1v) is 5.65. The van der Waals surface area contributed by atoms with Crippen LogP contribution < -0.4 is 0 Å². The number of aromatic nitrogens is 2. The molecule has 0 saturated carbocycles. The van der Waals surface area contributed by atoms with E-state index in [4.69, 9.17) is 16.7 Å². The topological polar surface area (TPSA) is 55.1 Å². The standard InChI is InChI=1S/C10H8BrClN2O2/c1-4-13-8-5(11)3-6(12)7(10(15)16)9(8)14(4)2/h3H,1-2H3,(H,15,16). The van der Waals surface area contributed by atoms with Crippen LogP contribution >= 0.6 is 27.5 Å². The zero-order valence-corrected chi connectivity index (χ0v) is 10.9. The van der Waals surface area contributed by atoms with Crippen molar-refractivity contribution in [2.24, 2.45) is 7.05 Å². The Bertz CT molecular complexity index is 607. The number of carboxylic acid groups (broad SMARTS) is 1. The highest BCUT2D eigenvalue weighted by Crippen LogP contribution is 2.32. The smallest absolute Gasteiger partial charge is 0.339 e. The second-order valence-electron chi connectivity index (χ2n) is 3.44. The number of rotatable bonds is 1. The van der Waals surface area contributed by atoms with Gasteiger partial charge in [-0.15, -0.1) is 0 Å². The van der Waals surface area contributed by atoms with Crippen molar-refractivity contribution < 1.29 is 9.90 Å². The van der Waals surface area contributed by atoms with Crippen LogP contribution in [0.1, 0.15) is 16.2 Å². The summed E-state index contributed by atoms with van der Waals surface area (Å²) in [5.74, 6) is -0.314. The molecule has 0 unspecified atom stereocenters. The lowest BCUT2D eigenvalue weighted by atomic mass is 10.2. The van der Waals surface area contributed by atoms with E-state index in [2.05, 4.69) is 20.9 Å².